The fourth-order valence-electron chi connectivity index (χ4n) is 1.63. The van der Waals surface area contributed by atoms with E-state index in [9.17, 15) is 8.42 Å². The third-order valence-electron chi connectivity index (χ3n) is 2.71. The highest BCUT2D eigenvalue weighted by atomic mass is 32.2. The van der Waals surface area contributed by atoms with Gasteiger partial charge in [-0.25, -0.2) is 18.1 Å². The Morgan fingerprint density at radius 3 is 2.74 bits per heavy atom. The molecule has 0 saturated carbocycles. The van der Waals surface area contributed by atoms with Crippen LogP contribution < -0.4 is 10.5 Å². The molecule has 102 valence electrons. The molecule has 2 aromatic heterocycles. The van der Waals surface area contributed by atoms with Gasteiger partial charge in [-0.1, -0.05) is 5.16 Å². The molecular weight excluding hydrogens is 268 g/mol. The molecule has 0 bridgehead atoms. The second-order valence-corrected chi connectivity index (χ2v) is 5.75. The predicted molar refractivity (Wildman–Crippen MR) is 68.7 cm³/mol. The number of nitrogens with zero attached hydrogens (tertiary/aromatic N) is 2. The van der Waals surface area contributed by atoms with Crippen molar-refractivity contribution in [3.63, 3.8) is 0 Å². The fraction of sp³-hybridized carbons (Fsp3) is 0.273. The van der Waals surface area contributed by atoms with Crippen molar-refractivity contribution in [2.45, 2.75) is 25.3 Å². The number of sulfonamides is 1. The van der Waals surface area contributed by atoms with E-state index in [4.69, 9.17) is 10.3 Å². The number of aryl methyl sites for hydroxylation is 2. The molecule has 0 fully saturated rings. The standard InChI is InChI=1S/C11H14N4O3S/c1-7-9(8(2)18-15-7)6-14-19(16,17)10-4-3-5-13-11(10)12/h3-5,14H,6H2,1-2H3,(H2,12,13). The summed E-state index contributed by atoms with van der Waals surface area (Å²) < 4.78 is 31.6. The van der Waals surface area contributed by atoms with E-state index in [0.717, 1.165) is 0 Å². The Morgan fingerprint density at radius 2 is 2.16 bits per heavy atom. The summed E-state index contributed by atoms with van der Waals surface area (Å²) in [5.74, 6) is 0.549. The fourth-order valence-corrected chi connectivity index (χ4v) is 2.70. The lowest BCUT2D eigenvalue weighted by Crippen LogP contribution is -2.24. The van der Waals surface area contributed by atoms with Crippen LogP contribution in [0.2, 0.25) is 0 Å². The number of hydrogen-bond donors (Lipinski definition) is 2. The van der Waals surface area contributed by atoms with E-state index >= 15 is 0 Å². The van der Waals surface area contributed by atoms with Gasteiger partial charge in [0.05, 0.1) is 5.69 Å². The zero-order valence-corrected chi connectivity index (χ0v) is 11.4. The van der Waals surface area contributed by atoms with Gasteiger partial charge < -0.3 is 10.3 Å². The molecule has 7 nitrogen and oxygen atoms in total. The Hall–Kier alpha value is -1.93. The molecule has 2 heterocycles. The molecule has 0 aliphatic rings. The minimum absolute atomic E-state index is 0.0336. The summed E-state index contributed by atoms with van der Waals surface area (Å²) in [5, 5.41) is 3.76. The molecule has 2 aromatic rings. The van der Waals surface area contributed by atoms with Crippen molar-refractivity contribution in [2.75, 3.05) is 5.73 Å². The summed E-state index contributed by atoms with van der Waals surface area (Å²) in [4.78, 5) is 3.71. The lowest BCUT2D eigenvalue weighted by atomic mass is 10.2. The molecule has 19 heavy (non-hydrogen) atoms. The highest BCUT2D eigenvalue weighted by Crippen LogP contribution is 2.16. The van der Waals surface area contributed by atoms with Gasteiger partial charge in [-0.3, -0.25) is 0 Å². The quantitative estimate of drug-likeness (QED) is 0.855. The van der Waals surface area contributed by atoms with Gasteiger partial charge in [0.1, 0.15) is 16.5 Å². The van der Waals surface area contributed by atoms with Crippen molar-refractivity contribution in [3.05, 3.63) is 35.3 Å². The Labute approximate surface area is 110 Å². The second kappa shape index (κ2) is 4.98. The van der Waals surface area contributed by atoms with Crippen LogP contribution >= 0.6 is 0 Å². The molecule has 8 heteroatoms. The van der Waals surface area contributed by atoms with E-state index in [-0.39, 0.29) is 17.3 Å². The average molecular weight is 282 g/mol. The van der Waals surface area contributed by atoms with Crippen LogP contribution in [0.15, 0.2) is 27.7 Å². The lowest BCUT2D eigenvalue weighted by Gasteiger charge is -2.07. The molecule has 0 saturated heterocycles. The normalized spacial score (nSPS) is 11.7. The molecule has 0 unspecified atom stereocenters. The van der Waals surface area contributed by atoms with Crippen molar-refractivity contribution in [3.8, 4) is 0 Å². The molecule has 0 aliphatic carbocycles. The smallest absolute Gasteiger partial charge is 0.244 e. The zero-order valence-electron chi connectivity index (χ0n) is 10.5. The number of nitrogens with one attached hydrogen (secondary N) is 1. The highest BCUT2D eigenvalue weighted by molar-refractivity contribution is 7.89. The number of hydrogen-bond acceptors (Lipinski definition) is 6. The maximum atomic E-state index is 12.1. The van der Waals surface area contributed by atoms with E-state index in [0.29, 0.717) is 17.0 Å². The topological polar surface area (TPSA) is 111 Å². The molecule has 0 radical (unpaired) electrons. The van der Waals surface area contributed by atoms with Gasteiger partial charge in [0.25, 0.3) is 0 Å². The minimum Gasteiger partial charge on any atom is -0.383 e. The van der Waals surface area contributed by atoms with Gasteiger partial charge in [-0.05, 0) is 26.0 Å². The largest absolute Gasteiger partial charge is 0.383 e. The van der Waals surface area contributed by atoms with Gasteiger partial charge in [-0.2, -0.15) is 0 Å². The van der Waals surface area contributed by atoms with Gasteiger partial charge in [0, 0.05) is 18.3 Å². The Morgan fingerprint density at radius 1 is 1.42 bits per heavy atom. The van der Waals surface area contributed by atoms with Gasteiger partial charge >= 0.3 is 0 Å². The third kappa shape index (κ3) is 2.74. The van der Waals surface area contributed by atoms with Gasteiger partial charge in [0.2, 0.25) is 10.0 Å². The first-order chi connectivity index (χ1) is 8.92. The van der Waals surface area contributed by atoms with Crippen molar-refractivity contribution in [1.29, 1.82) is 0 Å². The number of rotatable bonds is 4. The number of anilines is 1. The van der Waals surface area contributed by atoms with Crippen molar-refractivity contribution in [1.82, 2.24) is 14.9 Å². The first-order valence-corrected chi connectivity index (χ1v) is 7.02. The van der Waals surface area contributed by atoms with Crippen molar-refractivity contribution >= 4 is 15.8 Å². The maximum absolute atomic E-state index is 12.1. The van der Waals surface area contributed by atoms with Crippen LogP contribution in [-0.4, -0.2) is 18.6 Å². The molecule has 0 aromatic carbocycles. The van der Waals surface area contributed by atoms with Crippen LogP contribution in [0.3, 0.4) is 0 Å². The second-order valence-electron chi connectivity index (χ2n) is 4.01. The monoisotopic (exact) mass is 282 g/mol. The number of nitrogen functional groups attached to an aromatic ring is 1. The summed E-state index contributed by atoms with van der Waals surface area (Å²) in [6.45, 7) is 3.57. The average Bonchev–Trinajstić information content (AvgIpc) is 2.67. The Kier molecular flexibility index (Phi) is 3.54. The van der Waals surface area contributed by atoms with Gasteiger partial charge in [-0.15, -0.1) is 0 Å². The van der Waals surface area contributed by atoms with Gasteiger partial charge in [0.15, 0.2) is 0 Å². The predicted octanol–water partition coefficient (Wildman–Crippen LogP) is 0.747. The number of nitrogens with two attached hydrogens (primary N) is 1. The zero-order chi connectivity index (χ0) is 14.0. The molecular formula is C11H14N4O3S. The third-order valence-corrected chi connectivity index (χ3v) is 4.16. The van der Waals surface area contributed by atoms with Crippen molar-refractivity contribution < 1.29 is 12.9 Å². The summed E-state index contributed by atoms with van der Waals surface area (Å²) in [7, 11) is -3.71. The summed E-state index contributed by atoms with van der Waals surface area (Å²) >= 11 is 0. The van der Waals surface area contributed by atoms with E-state index in [1.54, 1.807) is 13.8 Å². The molecule has 2 rings (SSSR count). The van der Waals surface area contributed by atoms with Crippen LogP contribution in [0, 0.1) is 13.8 Å². The van der Waals surface area contributed by atoms with Crippen LogP contribution in [0.5, 0.6) is 0 Å². The van der Waals surface area contributed by atoms with Crippen LogP contribution in [0.4, 0.5) is 5.82 Å². The molecule has 0 atom stereocenters. The molecule has 0 spiro atoms. The SMILES string of the molecule is Cc1noc(C)c1CNS(=O)(=O)c1cccnc1N. The van der Waals surface area contributed by atoms with Crippen LogP contribution in [0.1, 0.15) is 17.0 Å². The molecule has 0 amide bonds. The number of pyridine rings is 1. The minimum atomic E-state index is -3.71. The van der Waals surface area contributed by atoms with E-state index in [1.807, 2.05) is 0 Å². The van der Waals surface area contributed by atoms with E-state index < -0.39 is 10.0 Å². The summed E-state index contributed by atoms with van der Waals surface area (Å²) in [6.07, 6.45) is 1.43. The maximum Gasteiger partial charge on any atom is 0.244 e. The summed E-state index contributed by atoms with van der Waals surface area (Å²) in [5.41, 5.74) is 6.92. The van der Waals surface area contributed by atoms with E-state index in [2.05, 4.69) is 14.9 Å². The molecule has 0 aliphatic heterocycles. The number of aromatic nitrogens is 2. The Balaban J connectivity index is 2.22. The highest BCUT2D eigenvalue weighted by Gasteiger charge is 2.19. The first kappa shape index (κ1) is 13.5. The van der Waals surface area contributed by atoms with Crippen LogP contribution in [-0.2, 0) is 16.6 Å². The first-order valence-electron chi connectivity index (χ1n) is 5.53. The van der Waals surface area contributed by atoms with Crippen LogP contribution in [0.25, 0.3) is 0 Å². The van der Waals surface area contributed by atoms with Crippen molar-refractivity contribution in [2.24, 2.45) is 0 Å². The van der Waals surface area contributed by atoms with E-state index in [1.165, 1.54) is 18.3 Å². The Bertz CT molecular complexity index is 674. The summed E-state index contributed by atoms with van der Waals surface area (Å²) in [6, 6.07) is 2.92. The molecule has 3 N–H and O–H groups in total. The lowest BCUT2D eigenvalue weighted by molar-refractivity contribution is 0.392.